The molecule has 0 fully saturated rings. The number of furan rings is 1. The molecule has 6 heteroatoms. The fourth-order valence-corrected chi connectivity index (χ4v) is 7.91. The van der Waals surface area contributed by atoms with Crippen molar-refractivity contribution in [3.63, 3.8) is 0 Å². The molecule has 5 nitrogen and oxygen atoms in total. The van der Waals surface area contributed by atoms with Crippen LogP contribution in [0.1, 0.15) is 0 Å². The minimum Gasteiger partial charge on any atom is -0.456 e. The summed E-state index contributed by atoms with van der Waals surface area (Å²) >= 11 is 1.80. The molecule has 0 aliphatic rings. The van der Waals surface area contributed by atoms with Crippen molar-refractivity contribution in [2.24, 2.45) is 0 Å². The monoisotopic (exact) mass is 658 g/mol. The SMILES string of the molecule is c1ccc(-c2ccc(-c3nc(-c4ccnc(-c5cccc6sc7ccccc7c56)c4)nc(-c4ccc5oc6ccccc6c5c4)n3)cc2)cc1. The first kappa shape index (κ1) is 28.5. The van der Waals surface area contributed by atoms with Crippen LogP contribution in [0.3, 0.4) is 0 Å². The first-order valence-corrected chi connectivity index (χ1v) is 17.3. The van der Waals surface area contributed by atoms with E-state index < -0.39 is 0 Å². The number of thiophene rings is 1. The zero-order chi connectivity index (χ0) is 33.0. The summed E-state index contributed by atoms with van der Waals surface area (Å²) in [7, 11) is 0. The molecule has 234 valence electrons. The van der Waals surface area contributed by atoms with Crippen LogP contribution in [-0.4, -0.2) is 19.9 Å². The van der Waals surface area contributed by atoms with Crippen LogP contribution in [0.15, 0.2) is 162 Å². The van der Waals surface area contributed by atoms with Crippen LogP contribution in [0.5, 0.6) is 0 Å². The van der Waals surface area contributed by atoms with Gasteiger partial charge in [0.05, 0.1) is 5.69 Å². The molecule has 0 N–H and O–H groups in total. The third-order valence-corrected chi connectivity index (χ3v) is 10.4. The maximum absolute atomic E-state index is 6.12. The summed E-state index contributed by atoms with van der Waals surface area (Å²) in [5, 5.41) is 4.54. The van der Waals surface area contributed by atoms with Gasteiger partial charge in [-0.25, -0.2) is 15.0 Å². The van der Waals surface area contributed by atoms with Gasteiger partial charge in [-0.05, 0) is 59.7 Å². The normalized spacial score (nSPS) is 11.6. The molecule has 0 aliphatic carbocycles. The molecule has 10 rings (SSSR count). The lowest BCUT2D eigenvalue weighted by atomic mass is 10.0. The molecule has 0 spiro atoms. The van der Waals surface area contributed by atoms with Crippen molar-refractivity contribution in [3.8, 4) is 56.5 Å². The summed E-state index contributed by atoms with van der Waals surface area (Å²) in [6.45, 7) is 0. The third-order valence-electron chi connectivity index (χ3n) is 9.22. The Morgan fingerprint density at radius 2 is 1.04 bits per heavy atom. The van der Waals surface area contributed by atoms with Crippen LogP contribution in [0.4, 0.5) is 0 Å². The molecule has 0 bridgehead atoms. The summed E-state index contributed by atoms with van der Waals surface area (Å²) in [4.78, 5) is 20.1. The van der Waals surface area contributed by atoms with Crippen molar-refractivity contribution in [3.05, 3.63) is 158 Å². The van der Waals surface area contributed by atoms with Crippen LogP contribution in [0.25, 0.3) is 98.7 Å². The molecule has 0 saturated heterocycles. The highest BCUT2D eigenvalue weighted by atomic mass is 32.1. The van der Waals surface area contributed by atoms with Crippen molar-refractivity contribution >= 4 is 53.4 Å². The molecule has 4 heterocycles. The molecule has 0 amide bonds. The van der Waals surface area contributed by atoms with Crippen molar-refractivity contribution < 1.29 is 4.42 Å². The minimum atomic E-state index is 0.584. The fraction of sp³-hybridized carbons (Fsp3) is 0. The molecular formula is C44H26N4OS. The van der Waals surface area contributed by atoms with E-state index in [9.17, 15) is 0 Å². The van der Waals surface area contributed by atoms with Crippen molar-refractivity contribution in [1.29, 1.82) is 0 Å². The Kier molecular flexibility index (Phi) is 6.60. The van der Waals surface area contributed by atoms with Gasteiger partial charge in [0.2, 0.25) is 0 Å². The van der Waals surface area contributed by atoms with Crippen LogP contribution in [-0.2, 0) is 0 Å². The van der Waals surface area contributed by atoms with Crippen LogP contribution in [0, 0.1) is 0 Å². The van der Waals surface area contributed by atoms with Crippen molar-refractivity contribution in [1.82, 2.24) is 19.9 Å². The maximum Gasteiger partial charge on any atom is 0.164 e. The zero-order valence-electron chi connectivity index (χ0n) is 26.6. The molecule has 0 unspecified atom stereocenters. The summed E-state index contributed by atoms with van der Waals surface area (Å²) < 4.78 is 8.62. The third kappa shape index (κ3) is 4.85. The van der Waals surface area contributed by atoms with Crippen LogP contribution >= 0.6 is 11.3 Å². The molecular weight excluding hydrogens is 633 g/mol. The predicted octanol–water partition coefficient (Wildman–Crippen LogP) is 11.9. The summed E-state index contributed by atoms with van der Waals surface area (Å²) in [6, 6.07) is 52.1. The van der Waals surface area contributed by atoms with E-state index >= 15 is 0 Å². The molecule has 0 saturated carbocycles. The average Bonchev–Trinajstić information content (AvgIpc) is 3.76. The molecule has 50 heavy (non-hydrogen) atoms. The minimum absolute atomic E-state index is 0.584. The Bertz CT molecular complexity index is 2870. The molecule has 6 aromatic carbocycles. The quantitative estimate of drug-likeness (QED) is 0.184. The van der Waals surface area contributed by atoms with Gasteiger partial charge in [-0.3, -0.25) is 4.98 Å². The Morgan fingerprint density at radius 3 is 1.88 bits per heavy atom. The van der Waals surface area contributed by atoms with Gasteiger partial charge in [-0.1, -0.05) is 103 Å². The lowest BCUT2D eigenvalue weighted by Gasteiger charge is -2.10. The van der Waals surface area contributed by atoms with E-state index in [1.807, 2.05) is 48.7 Å². The second-order valence-electron chi connectivity index (χ2n) is 12.3. The van der Waals surface area contributed by atoms with Gasteiger partial charge in [-0.2, -0.15) is 0 Å². The second kappa shape index (κ2) is 11.6. The molecule has 0 radical (unpaired) electrons. The van der Waals surface area contributed by atoms with E-state index in [1.54, 1.807) is 11.3 Å². The van der Waals surface area contributed by atoms with Gasteiger partial charge in [-0.15, -0.1) is 11.3 Å². The first-order valence-electron chi connectivity index (χ1n) is 16.5. The lowest BCUT2D eigenvalue weighted by molar-refractivity contribution is 0.669. The summed E-state index contributed by atoms with van der Waals surface area (Å²) in [6.07, 6.45) is 1.85. The van der Waals surface area contributed by atoms with Gasteiger partial charge < -0.3 is 4.42 Å². The standard InChI is InChI=1S/C44H26N4OS/c1-2-9-27(10-3-1)28-17-19-29(20-18-28)42-46-43(30-21-22-38-35(25-30)32-11-4-6-14-37(32)49-38)48-44(47-42)31-23-24-45-36(26-31)33-13-8-16-40-41(33)34-12-5-7-15-39(34)50-40/h1-26H. The topological polar surface area (TPSA) is 64.7 Å². The second-order valence-corrected chi connectivity index (χ2v) is 13.3. The van der Waals surface area contributed by atoms with E-state index in [2.05, 4.69) is 109 Å². The van der Waals surface area contributed by atoms with E-state index in [0.29, 0.717) is 17.5 Å². The highest BCUT2D eigenvalue weighted by Gasteiger charge is 2.17. The van der Waals surface area contributed by atoms with Crippen molar-refractivity contribution in [2.45, 2.75) is 0 Å². The fourth-order valence-electron chi connectivity index (χ4n) is 6.78. The number of para-hydroxylation sites is 1. The number of rotatable bonds is 5. The van der Waals surface area contributed by atoms with Gasteiger partial charge in [0.1, 0.15) is 11.2 Å². The lowest BCUT2D eigenvalue weighted by Crippen LogP contribution is -2.00. The molecule has 10 aromatic rings. The Morgan fingerprint density at radius 1 is 0.420 bits per heavy atom. The summed E-state index contributed by atoms with van der Waals surface area (Å²) in [5.41, 5.74) is 8.61. The largest absolute Gasteiger partial charge is 0.456 e. The van der Waals surface area contributed by atoms with E-state index in [0.717, 1.165) is 61.0 Å². The Labute approximate surface area is 291 Å². The number of hydrogen-bond donors (Lipinski definition) is 0. The number of nitrogens with zero attached hydrogens (tertiary/aromatic N) is 4. The highest BCUT2D eigenvalue weighted by Crippen LogP contribution is 2.40. The Balaban J connectivity index is 1.14. The van der Waals surface area contributed by atoms with Crippen LogP contribution < -0.4 is 0 Å². The number of aromatic nitrogens is 4. The predicted molar refractivity (Wildman–Crippen MR) is 205 cm³/mol. The zero-order valence-corrected chi connectivity index (χ0v) is 27.4. The number of benzene rings is 6. The number of hydrogen-bond acceptors (Lipinski definition) is 6. The van der Waals surface area contributed by atoms with Gasteiger partial charge >= 0.3 is 0 Å². The first-order chi connectivity index (χ1) is 24.7. The Hall–Kier alpha value is -6.50. The van der Waals surface area contributed by atoms with Crippen LogP contribution in [0.2, 0.25) is 0 Å². The smallest absolute Gasteiger partial charge is 0.164 e. The maximum atomic E-state index is 6.12. The van der Waals surface area contributed by atoms with Gasteiger partial charge in [0, 0.05) is 59.4 Å². The number of fused-ring (bicyclic) bond motifs is 6. The number of pyridine rings is 1. The van der Waals surface area contributed by atoms with Gasteiger partial charge in [0.15, 0.2) is 17.5 Å². The van der Waals surface area contributed by atoms with Crippen molar-refractivity contribution in [2.75, 3.05) is 0 Å². The average molecular weight is 659 g/mol. The summed E-state index contributed by atoms with van der Waals surface area (Å²) in [5.74, 6) is 1.78. The molecule has 4 aromatic heterocycles. The van der Waals surface area contributed by atoms with E-state index in [1.165, 1.54) is 20.2 Å². The van der Waals surface area contributed by atoms with E-state index in [4.69, 9.17) is 24.4 Å². The van der Waals surface area contributed by atoms with Gasteiger partial charge in [0.25, 0.3) is 0 Å². The molecule has 0 atom stereocenters. The highest BCUT2D eigenvalue weighted by molar-refractivity contribution is 7.25. The van der Waals surface area contributed by atoms with E-state index in [-0.39, 0.29) is 0 Å². The molecule has 0 aliphatic heterocycles.